The summed E-state index contributed by atoms with van der Waals surface area (Å²) in [5, 5.41) is 7.56. The molecule has 0 saturated carbocycles. The number of methoxy groups -OCH3 is 1. The van der Waals surface area contributed by atoms with Gasteiger partial charge in [0.05, 0.1) is 19.0 Å². The van der Waals surface area contributed by atoms with Crippen LogP contribution in [-0.4, -0.2) is 32.3 Å². The fourth-order valence-corrected chi connectivity index (χ4v) is 3.24. The summed E-state index contributed by atoms with van der Waals surface area (Å²) in [6, 6.07) is 16.6. The molecule has 152 valence electrons. The topological polar surface area (TPSA) is 91.0 Å². The smallest absolute Gasteiger partial charge is 0.264 e. The van der Waals surface area contributed by atoms with Crippen LogP contribution in [0, 0.1) is 6.92 Å². The highest BCUT2D eigenvalue weighted by molar-refractivity contribution is 5.90. The fraction of sp³-hybridized carbons (Fsp3) is 0.182. The molecule has 8 heteroatoms. The third kappa shape index (κ3) is 3.80. The molecular weight excluding hydrogens is 382 g/mol. The van der Waals surface area contributed by atoms with E-state index in [1.165, 1.54) is 10.8 Å². The van der Waals surface area contributed by atoms with Crippen LogP contribution in [0.25, 0.3) is 16.7 Å². The first-order chi connectivity index (χ1) is 14.6. The van der Waals surface area contributed by atoms with Crippen LogP contribution >= 0.6 is 0 Å². The molecular formula is C22H21N5O3. The van der Waals surface area contributed by atoms with Gasteiger partial charge in [-0.05, 0) is 43.3 Å². The van der Waals surface area contributed by atoms with E-state index >= 15 is 0 Å². The number of anilines is 1. The van der Waals surface area contributed by atoms with Gasteiger partial charge in [0.15, 0.2) is 5.65 Å². The van der Waals surface area contributed by atoms with Gasteiger partial charge in [0.25, 0.3) is 5.56 Å². The number of aromatic nitrogens is 4. The van der Waals surface area contributed by atoms with E-state index in [1.807, 2.05) is 30.3 Å². The Morgan fingerprint density at radius 3 is 2.53 bits per heavy atom. The molecule has 4 rings (SSSR count). The first kappa shape index (κ1) is 19.4. The maximum atomic E-state index is 13.0. The molecule has 1 amide bonds. The van der Waals surface area contributed by atoms with Gasteiger partial charge in [0, 0.05) is 18.7 Å². The summed E-state index contributed by atoms with van der Waals surface area (Å²) in [5.74, 6) is 1.06. The summed E-state index contributed by atoms with van der Waals surface area (Å²) in [5.41, 5.74) is 1.79. The third-order valence-corrected chi connectivity index (χ3v) is 4.81. The van der Waals surface area contributed by atoms with Crippen LogP contribution in [0.3, 0.4) is 0 Å². The Balaban J connectivity index is 1.53. The van der Waals surface area contributed by atoms with Crippen molar-refractivity contribution in [3.63, 3.8) is 0 Å². The molecule has 0 spiro atoms. The zero-order chi connectivity index (χ0) is 21.1. The summed E-state index contributed by atoms with van der Waals surface area (Å²) in [4.78, 5) is 29.9. The van der Waals surface area contributed by atoms with Gasteiger partial charge in [-0.3, -0.25) is 14.2 Å². The van der Waals surface area contributed by atoms with Crippen molar-refractivity contribution in [2.24, 2.45) is 0 Å². The average Bonchev–Trinajstić information content (AvgIpc) is 3.18. The normalized spacial score (nSPS) is 10.9. The van der Waals surface area contributed by atoms with Crippen molar-refractivity contribution in [1.29, 1.82) is 0 Å². The van der Waals surface area contributed by atoms with Crippen molar-refractivity contribution in [3.05, 3.63) is 77.0 Å². The number of carbonyl (C=O) groups excluding carboxylic acids is 1. The van der Waals surface area contributed by atoms with Crippen molar-refractivity contribution in [2.75, 3.05) is 12.4 Å². The van der Waals surface area contributed by atoms with Crippen LogP contribution in [0.2, 0.25) is 0 Å². The Bertz CT molecular complexity index is 1240. The minimum Gasteiger partial charge on any atom is -0.497 e. The Morgan fingerprint density at radius 2 is 1.83 bits per heavy atom. The van der Waals surface area contributed by atoms with E-state index in [1.54, 1.807) is 43.0 Å². The molecule has 2 aromatic heterocycles. The minimum absolute atomic E-state index is 0.146. The molecule has 0 fully saturated rings. The molecule has 0 aliphatic heterocycles. The Kier molecular flexibility index (Phi) is 5.30. The van der Waals surface area contributed by atoms with Gasteiger partial charge in [-0.2, -0.15) is 5.10 Å². The quantitative estimate of drug-likeness (QED) is 0.535. The van der Waals surface area contributed by atoms with Crippen LogP contribution in [0.5, 0.6) is 5.75 Å². The van der Waals surface area contributed by atoms with Gasteiger partial charge < -0.3 is 10.1 Å². The number of aryl methyl sites for hydroxylation is 1. The van der Waals surface area contributed by atoms with Gasteiger partial charge in [-0.25, -0.2) is 9.67 Å². The fourth-order valence-electron chi connectivity index (χ4n) is 3.24. The molecule has 30 heavy (non-hydrogen) atoms. The molecule has 4 aromatic rings. The maximum Gasteiger partial charge on any atom is 0.264 e. The summed E-state index contributed by atoms with van der Waals surface area (Å²) in [7, 11) is 1.59. The Hall–Kier alpha value is -3.94. The number of carbonyl (C=O) groups is 1. The molecule has 2 aromatic carbocycles. The van der Waals surface area contributed by atoms with E-state index in [0.29, 0.717) is 28.3 Å². The second kappa shape index (κ2) is 8.20. The van der Waals surface area contributed by atoms with Crippen molar-refractivity contribution in [2.45, 2.75) is 19.9 Å². The van der Waals surface area contributed by atoms with Crippen LogP contribution in [-0.2, 0) is 11.3 Å². The second-order valence-corrected chi connectivity index (χ2v) is 6.77. The molecule has 0 radical (unpaired) electrons. The highest BCUT2D eigenvalue weighted by Gasteiger charge is 2.15. The summed E-state index contributed by atoms with van der Waals surface area (Å²) >= 11 is 0. The average molecular weight is 403 g/mol. The number of hydrogen-bond acceptors (Lipinski definition) is 5. The van der Waals surface area contributed by atoms with E-state index < -0.39 is 0 Å². The monoisotopic (exact) mass is 403 g/mol. The largest absolute Gasteiger partial charge is 0.497 e. The number of rotatable bonds is 6. The van der Waals surface area contributed by atoms with E-state index in [4.69, 9.17) is 4.74 Å². The van der Waals surface area contributed by atoms with Gasteiger partial charge in [-0.15, -0.1) is 0 Å². The second-order valence-electron chi connectivity index (χ2n) is 6.77. The summed E-state index contributed by atoms with van der Waals surface area (Å²) < 4.78 is 8.26. The lowest BCUT2D eigenvalue weighted by molar-refractivity contribution is -0.116. The van der Waals surface area contributed by atoms with Crippen LogP contribution < -0.4 is 15.6 Å². The van der Waals surface area contributed by atoms with E-state index in [-0.39, 0.29) is 24.4 Å². The first-order valence-electron chi connectivity index (χ1n) is 9.51. The Labute approximate surface area is 172 Å². The number of nitrogens with one attached hydrogen (secondary N) is 1. The predicted molar refractivity (Wildman–Crippen MR) is 114 cm³/mol. The van der Waals surface area contributed by atoms with Crippen LogP contribution in [0.4, 0.5) is 5.69 Å². The van der Waals surface area contributed by atoms with E-state index in [0.717, 1.165) is 5.69 Å². The summed E-state index contributed by atoms with van der Waals surface area (Å²) in [6.07, 6.45) is 1.66. The maximum absolute atomic E-state index is 13.0. The Morgan fingerprint density at radius 1 is 1.10 bits per heavy atom. The van der Waals surface area contributed by atoms with Gasteiger partial charge >= 0.3 is 0 Å². The highest BCUT2D eigenvalue weighted by atomic mass is 16.5. The molecule has 8 nitrogen and oxygen atoms in total. The highest BCUT2D eigenvalue weighted by Crippen LogP contribution is 2.16. The first-order valence-corrected chi connectivity index (χ1v) is 9.51. The number of para-hydroxylation sites is 1. The third-order valence-electron chi connectivity index (χ3n) is 4.81. The lowest BCUT2D eigenvalue weighted by atomic mass is 10.3. The number of nitrogens with zero attached hydrogens (tertiary/aromatic N) is 4. The molecule has 0 saturated heterocycles. The minimum atomic E-state index is -0.211. The predicted octanol–water partition coefficient (Wildman–Crippen LogP) is 2.93. The van der Waals surface area contributed by atoms with Crippen molar-refractivity contribution < 1.29 is 9.53 Å². The lowest BCUT2D eigenvalue weighted by Gasteiger charge is -2.11. The lowest BCUT2D eigenvalue weighted by Crippen LogP contribution is -2.26. The summed E-state index contributed by atoms with van der Waals surface area (Å²) in [6.45, 7) is 1.98. The van der Waals surface area contributed by atoms with Crippen LogP contribution in [0.1, 0.15) is 12.2 Å². The van der Waals surface area contributed by atoms with Gasteiger partial charge in [0.2, 0.25) is 5.91 Å². The van der Waals surface area contributed by atoms with E-state index in [9.17, 15) is 9.59 Å². The molecule has 0 aliphatic carbocycles. The number of benzene rings is 2. The number of fused-ring (bicyclic) bond motifs is 1. The van der Waals surface area contributed by atoms with Crippen molar-refractivity contribution in [3.8, 4) is 11.4 Å². The number of amides is 1. The number of hydrogen-bond donors (Lipinski definition) is 1. The van der Waals surface area contributed by atoms with Gasteiger partial charge in [0.1, 0.15) is 17.0 Å². The standard InChI is InChI=1S/C22H21N5O3/c1-15-24-21-19(14-23-27(21)17-6-4-3-5-7-17)22(29)26(15)13-12-20(28)25-16-8-10-18(30-2)11-9-16/h3-11,14H,12-13H2,1-2H3,(H,25,28). The van der Waals surface area contributed by atoms with Gasteiger partial charge in [-0.1, -0.05) is 18.2 Å². The molecule has 1 N–H and O–H groups in total. The molecule has 0 aliphatic rings. The van der Waals surface area contributed by atoms with Crippen molar-refractivity contribution >= 4 is 22.6 Å². The molecule has 0 unspecified atom stereocenters. The van der Waals surface area contributed by atoms with Crippen molar-refractivity contribution in [1.82, 2.24) is 19.3 Å². The number of ether oxygens (including phenoxy) is 1. The van der Waals surface area contributed by atoms with E-state index in [2.05, 4.69) is 15.4 Å². The zero-order valence-electron chi connectivity index (χ0n) is 16.7. The molecule has 0 bridgehead atoms. The zero-order valence-corrected chi connectivity index (χ0v) is 16.7. The molecule has 2 heterocycles. The molecule has 0 atom stereocenters. The van der Waals surface area contributed by atoms with Crippen LogP contribution in [0.15, 0.2) is 65.6 Å². The SMILES string of the molecule is COc1ccc(NC(=O)CCn2c(C)nc3c(cnn3-c3ccccc3)c2=O)cc1.